The van der Waals surface area contributed by atoms with Gasteiger partial charge in [0, 0.05) is 22.5 Å². The number of carbonyl (C=O) groups is 1. The fourth-order valence-corrected chi connectivity index (χ4v) is 3.83. The van der Waals surface area contributed by atoms with Crippen LogP contribution in [0, 0.1) is 0 Å². The second-order valence-corrected chi connectivity index (χ2v) is 6.59. The van der Waals surface area contributed by atoms with Crippen molar-refractivity contribution in [2.45, 2.75) is 19.3 Å². The van der Waals surface area contributed by atoms with E-state index in [9.17, 15) is 4.79 Å². The van der Waals surface area contributed by atoms with E-state index in [4.69, 9.17) is 4.52 Å². The van der Waals surface area contributed by atoms with Crippen LogP contribution in [0.3, 0.4) is 0 Å². The van der Waals surface area contributed by atoms with Crippen LogP contribution in [-0.2, 0) is 19.3 Å². The van der Waals surface area contributed by atoms with Gasteiger partial charge in [-0.25, -0.2) is 0 Å². The number of amides is 1. The van der Waals surface area contributed by atoms with Crippen molar-refractivity contribution in [1.29, 1.82) is 0 Å². The zero-order chi connectivity index (χ0) is 15.6. The van der Waals surface area contributed by atoms with Crippen molar-refractivity contribution in [3.8, 4) is 11.3 Å². The minimum atomic E-state index is -0.149. The fraction of sp³-hybridized carbons (Fsp3) is 0.222. The summed E-state index contributed by atoms with van der Waals surface area (Å²) in [4.78, 5) is 13.7. The minimum absolute atomic E-state index is 0.149. The van der Waals surface area contributed by atoms with Gasteiger partial charge in [0.1, 0.15) is 0 Å². The topological polar surface area (TPSA) is 55.1 Å². The number of hydrogen-bond acceptors (Lipinski definition) is 4. The largest absolute Gasteiger partial charge is 0.355 e. The maximum Gasteiger partial charge on any atom is 0.273 e. The van der Waals surface area contributed by atoms with E-state index in [0.29, 0.717) is 12.2 Å². The molecule has 0 fully saturated rings. The molecule has 1 aliphatic carbocycles. The molecule has 0 saturated carbocycles. The molecule has 1 aromatic carbocycles. The van der Waals surface area contributed by atoms with Crippen LogP contribution in [0.1, 0.15) is 26.5 Å². The first-order chi connectivity index (χ1) is 11.3. The molecule has 116 valence electrons. The second kappa shape index (κ2) is 6.01. The Morgan fingerprint density at radius 2 is 2.09 bits per heavy atom. The average molecular weight is 324 g/mol. The van der Waals surface area contributed by atoms with Crippen molar-refractivity contribution in [3.05, 3.63) is 63.5 Å². The third-order valence-corrected chi connectivity index (χ3v) is 5.12. The van der Waals surface area contributed by atoms with E-state index in [2.05, 4.69) is 28.0 Å². The highest BCUT2D eigenvalue weighted by Crippen LogP contribution is 2.37. The first-order valence-corrected chi connectivity index (χ1v) is 8.58. The second-order valence-electron chi connectivity index (χ2n) is 5.59. The SMILES string of the molecule is O=C(NCCc1ccccc1)c1noc2c1CCc1sccc1-2. The van der Waals surface area contributed by atoms with Gasteiger partial charge in [-0.3, -0.25) is 4.79 Å². The Kier molecular flexibility index (Phi) is 3.71. The summed E-state index contributed by atoms with van der Waals surface area (Å²) >= 11 is 1.73. The lowest BCUT2D eigenvalue weighted by molar-refractivity contribution is 0.0944. The maximum absolute atomic E-state index is 12.4. The Bertz CT molecular complexity index is 836. The molecule has 0 aliphatic heterocycles. The molecule has 4 nitrogen and oxygen atoms in total. The molecule has 23 heavy (non-hydrogen) atoms. The molecule has 0 radical (unpaired) electrons. The van der Waals surface area contributed by atoms with Crippen molar-refractivity contribution in [3.63, 3.8) is 0 Å². The number of nitrogens with zero attached hydrogens (tertiary/aromatic N) is 1. The van der Waals surface area contributed by atoms with Gasteiger partial charge in [-0.15, -0.1) is 11.3 Å². The number of fused-ring (bicyclic) bond motifs is 3. The van der Waals surface area contributed by atoms with Gasteiger partial charge in [-0.05, 0) is 36.3 Å². The summed E-state index contributed by atoms with van der Waals surface area (Å²) in [6.45, 7) is 0.591. The average Bonchev–Trinajstić information content (AvgIpc) is 3.21. The summed E-state index contributed by atoms with van der Waals surface area (Å²) in [5.74, 6) is 0.616. The summed E-state index contributed by atoms with van der Waals surface area (Å²) in [6, 6.07) is 12.2. The molecular weight excluding hydrogens is 308 g/mol. The van der Waals surface area contributed by atoms with Gasteiger partial charge in [-0.1, -0.05) is 35.5 Å². The highest BCUT2D eigenvalue weighted by atomic mass is 32.1. The third-order valence-electron chi connectivity index (χ3n) is 4.14. The zero-order valence-electron chi connectivity index (χ0n) is 12.5. The molecule has 5 heteroatoms. The lowest BCUT2D eigenvalue weighted by Crippen LogP contribution is -2.27. The molecule has 2 heterocycles. The van der Waals surface area contributed by atoms with Gasteiger partial charge in [-0.2, -0.15) is 0 Å². The number of benzene rings is 1. The van der Waals surface area contributed by atoms with E-state index in [0.717, 1.165) is 36.1 Å². The molecule has 4 rings (SSSR count). The Balaban J connectivity index is 1.46. The Morgan fingerprint density at radius 1 is 1.22 bits per heavy atom. The molecule has 0 spiro atoms. The van der Waals surface area contributed by atoms with Crippen molar-refractivity contribution < 1.29 is 9.32 Å². The highest BCUT2D eigenvalue weighted by Gasteiger charge is 2.27. The zero-order valence-corrected chi connectivity index (χ0v) is 13.4. The molecule has 0 bridgehead atoms. The summed E-state index contributed by atoms with van der Waals surface area (Å²) in [7, 11) is 0. The molecular formula is C18H16N2O2S. The van der Waals surface area contributed by atoms with Crippen LogP contribution in [0.5, 0.6) is 0 Å². The van der Waals surface area contributed by atoms with Crippen LogP contribution < -0.4 is 5.32 Å². The van der Waals surface area contributed by atoms with Crippen LogP contribution in [0.4, 0.5) is 0 Å². The number of hydrogen-bond donors (Lipinski definition) is 1. The third kappa shape index (κ3) is 2.68. The first kappa shape index (κ1) is 14.2. The number of aromatic nitrogens is 1. The quantitative estimate of drug-likeness (QED) is 0.799. The standard InChI is InChI=1S/C18H16N2O2S/c21-18(19-10-8-12-4-2-1-3-5-12)16-14-6-7-15-13(9-11-23-15)17(14)22-20-16/h1-5,9,11H,6-8,10H2,(H,19,21). The summed E-state index contributed by atoms with van der Waals surface area (Å²) in [5, 5.41) is 9.02. The molecule has 3 aromatic rings. The number of nitrogens with one attached hydrogen (secondary N) is 1. The Morgan fingerprint density at radius 3 is 2.96 bits per heavy atom. The first-order valence-electron chi connectivity index (χ1n) is 7.70. The van der Waals surface area contributed by atoms with Crippen molar-refractivity contribution >= 4 is 17.2 Å². The van der Waals surface area contributed by atoms with E-state index in [1.54, 1.807) is 11.3 Å². The van der Waals surface area contributed by atoms with Crippen LogP contribution in [0.25, 0.3) is 11.3 Å². The van der Waals surface area contributed by atoms with Gasteiger partial charge < -0.3 is 9.84 Å². The van der Waals surface area contributed by atoms with Gasteiger partial charge in [0.05, 0.1) is 0 Å². The number of aryl methyl sites for hydroxylation is 1. The summed E-state index contributed by atoms with van der Waals surface area (Å²) in [5.41, 5.74) is 3.67. The van der Waals surface area contributed by atoms with Crippen molar-refractivity contribution in [2.75, 3.05) is 6.54 Å². The van der Waals surface area contributed by atoms with Gasteiger partial charge in [0.15, 0.2) is 11.5 Å². The van der Waals surface area contributed by atoms with E-state index >= 15 is 0 Å². The predicted octanol–water partition coefficient (Wildman–Crippen LogP) is 3.47. The molecule has 1 N–H and O–H groups in total. The van der Waals surface area contributed by atoms with Crippen LogP contribution in [0.2, 0.25) is 0 Å². The molecule has 1 aliphatic rings. The molecule has 0 saturated heterocycles. The molecule has 0 atom stereocenters. The monoisotopic (exact) mass is 324 g/mol. The normalized spacial score (nSPS) is 12.5. The van der Waals surface area contributed by atoms with E-state index in [-0.39, 0.29) is 5.91 Å². The number of thiophene rings is 1. The molecule has 1 amide bonds. The van der Waals surface area contributed by atoms with Crippen molar-refractivity contribution in [1.82, 2.24) is 10.5 Å². The van der Waals surface area contributed by atoms with Gasteiger partial charge in [0.25, 0.3) is 5.91 Å². The van der Waals surface area contributed by atoms with E-state index in [1.165, 1.54) is 10.4 Å². The Labute approximate surface area is 138 Å². The molecule has 2 aromatic heterocycles. The van der Waals surface area contributed by atoms with E-state index < -0.39 is 0 Å². The smallest absolute Gasteiger partial charge is 0.273 e. The van der Waals surface area contributed by atoms with E-state index in [1.807, 2.05) is 24.3 Å². The lowest BCUT2D eigenvalue weighted by Gasteiger charge is -2.10. The van der Waals surface area contributed by atoms with Gasteiger partial charge >= 0.3 is 0 Å². The number of carbonyl (C=O) groups excluding carboxylic acids is 1. The highest BCUT2D eigenvalue weighted by molar-refractivity contribution is 7.10. The number of rotatable bonds is 4. The fourth-order valence-electron chi connectivity index (χ4n) is 2.96. The van der Waals surface area contributed by atoms with Crippen LogP contribution >= 0.6 is 11.3 Å². The minimum Gasteiger partial charge on any atom is -0.355 e. The lowest BCUT2D eigenvalue weighted by atomic mass is 9.95. The van der Waals surface area contributed by atoms with Gasteiger partial charge in [0.2, 0.25) is 0 Å². The maximum atomic E-state index is 12.4. The summed E-state index contributed by atoms with van der Waals surface area (Å²) < 4.78 is 5.45. The predicted molar refractivity (Wildman–Crippen MR) is 89.7 cm³/mol. The van der Waals surface area contributed by atoms with Crippen LogP contribution in [-0.4, -0.2) is 17.6 Å². The van der Waals surface area contributed by atoms with Crippen molar-refractivity contribution in [2.24, 2.45) is 0 Å². The molecule has 0 unspecified atom stereocenters. The summed E-state index contributed by atoms with van der Waals surface area (Å²) in [6.07, 6.45) is 2.57. The Hall–Kier alpha value is -2.40. The van der Waals surface area contributed by atoms with Crippen LogP contribution in [0.15, 0.2) is 46.3 Å².